The van der Waals surface area contributed by atoms with Crippen LogP contribution in [-0.4, -0.2) is 80.0 Å². The summed E-state index contributed by atoms with van der Waals surface area (Å²) in [6.07, 6.45) is 4.16. The smallest absolute Gasteiger partial charge is 0.170 e. The van der Waals surface area contributed by atoms with Gasteiger partial charge in [-0.3, -0.25) is 9.55 Å². The fraction of sp³-hybridized carbons (Fsp3) is 0.393. The van der Waals surface area contributed by atoms with Gasteiger partial charge in [0.15, 0.2) is 27.3 Å². The van der Waals surface area contributed by atoms with Crippen LogP contribution in [-0.2, 0) is 20.3 Å². The summed E-state index contributed by atoms with van der Waals surface area (Å²) < 4.78 is 41.0. The van der Waals surface area contributed by atoms with Crippen LogP contribution in [0, 0.1) is 20.8 Å². The van der Waals surface area contributed by atoms with Gasteiger partial charge in [-0.1, -0.05) is 12.1 Å². The van der Waals surface area contributed by atoms with E-state index in [9.17, 15) is 18.6 Å². The van der Waals surface area contributed by atoms with E-state index < -0.39 is 39.7 Å². The van der Waals surface area contributed by atoms with E-state index in [2.05, 4.69) is 25.1 Å². The van der Waals surface area contributed by atoms with Crippen molar-refractivity contribution in [3.05, 3.63) is 77.4 Å². The van der Waals surface area contributed by atoms with Gasteiger partial charge in [-0.2, -0.15) is 0 Å². The molecule has 12 nitrogen and oxygen atoms in total. The quantitative estimate of drug-likeness (QED) is 0.252. The molecule has 3 aromatic heterocycles. The summed E-state index contributed by atoms with van der Waals surface area (Å²) in [4.78, 5) is 12.8. The lowest BCUT2D eigenvalue weighted by Gasteiger charge is -2.24. The van der Waals surface area contributed by atoms with Gasteiger partial charge >= 0.3 is 0 Å². The molecule has 41 heavy (non-hydrogen) atoms. The monoisotopic (exact) mass is 582 g/mol. The SMILES string of the molecule is COc1cccc(C)c1-n1c(CS(=O)(=O)[C@@H](C)[C@@H](OC[C@@H](O)CO)c2ncc(C)cn2)nnc1-c1cncc(C)c1. The lowest BCUT2D eigenvalue weighted by Crippen LogP contribution is -2.33. The van der Waals surface area contributed by atoms with Crippen molar-refractivity contribution < 1.29 is 28.1 Å². The maximum Gasteiger partial charge on any atom is 0.170 e. The maximum absolute atomic E-state index is 13.9. The van der Waals surface area contributed by atoms with Crippen molar-refractivity contribution in [3.63, 3.8) is 0 Å². The molecular weight excluding hydrogens is 548 g/mol. The summed E-state index contributed by atoms with van der Waals surface area (Å²) in [5.41, 5.74) is 3.78. The number of aryl methyl sites for hydroxylation is 3. The van der Waals surface area contributed by atoms with Crippen molar-refractivity contribution in [1.29, 1.82) is 0 Å². The third-order valence-electron chi connectivity index (χ3n) is 6.56. The topological polar surface area (TPSA) is 162 Å². The highest BCUT2D eigenvalue weighted by Gasteiger charge is 2.36. The standard InChI is InChI=1S/C28H34N6O6S/c1-17-9-21(13-29-10-17)28-33-32-24(34(28)25-19(3)7-6-8-23(25)39-5)16-41(37,38)20(4)26(40-15-22(36)14-35)27-30-11-18(2)12-31-27/h6-13,20,22,26,35-36H,14-16H2,1-5H3/t20-,22-,26+/m0/s1. The molecule has 0 aliphatic rings. The van der Waals surface area contributed by atoms with E-state index in [1.54, 1.807) is 42.5 Å². The van der Waals surface area contributed by atoms with E-state index in [0.29, 0.717) is 22.8 Å². The minimum atomic E-state index is -3.99. The maximum atomic E-state index is 13.9. The van der Waals surface area contributed by atoms with Crippen LogP contribution in [0.5, 0.6) is 5.75 Å². The van der Waals surface area contributed by atoms with Crippen LogP contribution in [0.1, 0.15) is 41.4 Å². The zero-order valence-corrected chi connectivity index (χ0v) is 24.4. The van der Waals surface area contributed by atoms with E-state index in [0.717, 1.165) is 16.7 Å². The van der Waals surface area contributed by atoms with Gasteiger partial charge in [-0.05, 0) is 56.5 Å². The summed E-state index contributed by atoms with van der Waals surface area (Å²) in [7, 11) is -2.45. The molecule has 0 spiro atoms. The number of aromatic nitrogens is 6. The Morgan fingerprint density at radius 3 is 2.41 bits per heavy atom. The number of hydrogen-bond acceptors (Lipinski definition) is 11. The Labute approximate surface area is 239 Å². The van der Waals surface area contributed by atoms with Crippen LogP contribution in [0.2, 0.25) is 0 Å². The van der Waals surface area contributed by atoms with Crippen LogP contribution in [0.4, 0.5) is 0 Å². The van der Waals surface area contributed by atoms with Crippen molar-refractivity contribution in [2.75, 3.05) is 20.3 Å². The van der Waals surface area contributed by atoms with Gasteiger partial charge in [-0.15, -0.1) is 10.2 Å². The van der Waals surface area contributed by atoms with Crippen LogP contribution in [0.15, 0.2) is 49.1 Å². The van der Waals surface area contributed by atoms with Crippen molar-refractivity contribution in [1.82, 2.24) is 29.7 Å². The first-order valence-corrected chi connectivity index (χ1v) is 14.7. The second-order valence-corrected chi connectivity index (χ2v) is 12.2. The summed E-state index contributed by atoms with van der Waals surface area (Å²) >= 11 is 0. The summed E-state index contributed by atoms with van der Waals surface area (Å²) in [6, 6.07) is 7.41. The molecule has 3 heterocycles. The molecule has 0 fully saturated rings. The van der Waals surface area contributed by atoms with Gasteiger partial charge in [0, 0.05) is 30.4 Å². The summed E-state index contributed by atoms with van der Waals surface area (Å²) in [5, 5.41) is 26.7. The highest BCUT2D eigenvalue weighted by Crippen LogP contribution is 2.33. The predicted molar refractivity (Wildman–Crippen MR) is 151 cm³/mol. The average molecular weight is 583 g/mol. The molecule has 0 aliphatic carbocycles. The molecule has 0 saturated heterocycles. The largest absolute Gasteiger partial charge is 0.495 e. The molecule has 0 saturated carbocycles. The number of para-hydroxylation sites is 1. The number of nitrogens with zero attached hydrogens (tertiary/aromatic N) is 6. The van der Waals surface area contributed by atoms with Crippen LogP contribution >= 0.6 is 0 Å². The molecule has 0 amide bonds. The van der Waals surface area contributed by atoms with Crippen LogP contribution in [0.25, 0.3) is 17.1 Å². The number of sulfone groups is 1. The number of aliphatic hydroxyl groups excluding tert-OH is 2. The van der Waals surface area contributed by atoms with Crippen molar-refractivity contribution in [3.8, 4) is 22.8 Å². The number of aliphatic hydroxyl groups is 2. The molecule has 3 atom stereocenters. The number of benzene rings is 1. The van der Waals surface area contributed by atoms with Crippen molar-refractivity contribution in [2.45, 2.75) is 50.9 Å². The lowest BCUT2D eigenvalue weighted by molar-refractivity contribution is -0.0324. The van der Waals surface area contributed by atoms with E-state index in [-0.39, 0.29) is 18.3 Å². The Bertz CT molecular complexity index is 1590. The highest BCUT2D eigenvalue weighted by atomic mass is 32.2. The second kappa shape index (κ2) is 12.8. The molecule has 218 valence electrons. The Balaban J connectivity index is 1.80. The van der Waals surface area contributed by atoms with Gasteiger partial charge in [-0.25, -0.2) is 18.4 Å². The minimum Gasteiger partial charge on any atom is -0.495 e. The number of methoxy groups -OCH3 is 1. The molecule has 0 unspecified atom stereocenters. The average Bonchev–Trinajstić information content (AvgIpc) is 3.35. The number of ether oxygens (including phenoxy) is 2. The molecule has 4 aromatic rings. The lowest BCUT2D eigenvalue weighted by atomic mass is 10.1. The van der Waals surface area contributed by atoms with E-state index in [4.69, 9.17) is 9.47 Å². The molecule has 0 bridgehead atoms. The number of pyridine rings is 1. The molecule has 1 aromatic carbocycles. The first-order chi connectivity index (χ1) is 19.6. The first-order valence-electron chi connectivity index (χ1n) is 13.0. The van der Waals surface area contributed by atoms with Crippen LogP contribution in [0.3, 0.4) is 0 Å². The highest BCUT2D eigenvalue weighted by molar-refractivity contribution is 7.91. The molecule has 4 rings (SSSR count). The summed E-state index contributed by atoms with van der Waals surface area (Å²) in [5.74, 6) is 0.745. The Kier molecular flexibility index (Phi) is 9.43. The second-order valence-electron chi connectivity index (χ2n) is 9.87. The minimum absolute atomic E-state index is 0.144. The Morgan fingerprint density at radius 1 is 1.02 bits per heavy atom. The van der Waals surface area contributed by atoms with Gasteiger partial charge in [0.05, 0.1) is 31.3 Å². The Hall–Kier alpha value is -3.78. The zero-order chi connectivity index (χ0) is 29.7. The zero-order valence-electron chi connectivity index (χ0n) is 23.6. The Morgan fingerprint density at radius 2 is 1.76 bits per heavy atom. The first kappa shape index (κ1) is 30.2. The van der Waals surface area contributed by atoms with Gasteiger partial charge in [0.2, 0.25) is 0 Å². The van der Waals surface area contributed by atoms with Crippen molar-refractivity contribution in [2.24, 2.45) is 0 Å². The summed E-state index contributed by atoms with van der Waals surface area (Å²) in [6.45, 7) is 6.25. The van der Waals surface area contributed by atoms with E-state index in [1.165, 1.54) is 6.92 Å². The van der Waals surface area contributed by atoms with Gasteiger partial charge < -0.3 is 19.7 Å². The third-order valence-corrected chi connectivity index (χ3v) is 8.61. The normalized spacial score (nSPS) is 14.0. The van der Waals surface area contributed by atoms with Crippen LogP contribution < -0.4 is 4.74 Å². The number of hydrogen-bond donors (Lipinski definition) is 2. The van der Waals surface area contributed by atoms with Crippen molar-refractivity contribution >= 4 is 9.84 Å². The van der Waals surface area contributed by atoms with E-state index >= 15 is 0 Å². The fourth-order valence-corrected chi connectivity index (χ4v) is 5.72. The number of rotatable bonds is 12. The molecule has 2 N–H and O–H groups in total. The molecule has 0 radical (unpaired) electrons. The van der Waals surface area contributed by atoms with Gasteiger partial charge in [0.1, 0.15) is 23.7 Å². The molecular formula is C28H34N6O6S. The van der Waals surface area contributed by atoms with Gasteiger partial charge in [0.25, 0.3) is 0 Å². The third kappa shape index (κ3) is 6.76. The fourth-order valence-electron chi connectivity index (χ4n) is 4.33. The predicted octanol–water partition coefficient (Wildman–Crippen LogP) is 2.47. The molecule has 13 heteroatoms. The molecule has 0 aliphatic heterocycles. The van der Waals surface area contributed by atoms with E-state index in [1.807, 2.05) is 39.0 Å².